The molecule has 1 fully saturated rings. The lowest BCUT2D eigenvalue weighted by molar-refractivity contribution is -0.111. The van der Waals surface area contributed by atoms with E-state index in [-0.39, 0.29) is 5.91 Å². The van der Waals surface area contributed by atoms with E-state index in [1.807, 2.05) is 18.3 Å². The summed E-state index contributed by atoms with van der Waals surface area (Å²) >= 11 is 6.39. The van der Waals surface area contributed by atoms with Crippen molar-refractivity contribution >= 4 is 40.4 Å². The molecule has 2 aromatic carbocycles. The number of ether oxygens (including phenoxy) is 2. The molecule has 2 N–H and O–H groups in total. The van der Waals surface area contributed by atoms with E-state index in [9.17, 15) is 4.79 Å². The SMILES string of the molecule is C=CC(=O)Nc1cccc(Oc2cc(Nc3ncc(N4CCN(C)CC4)cc3OC)ccc2Cl)c1. The van der Waals surface area contributed by atoms with E-state index in [1.54, 1.807) is 43.5 Å². The van der Waals surface area contributed by atoms with Gasteiger partial charge in [0, 0.05) is 55.8 Å². The minimum Gasteiger partial charge on any atom is -0.493 e. The average molecular weight is 494 g/mol. The Morgan fingerprint density at radius 2 is 1.89 bits per heavy atom. The maximum atomic E-state index is 11.6. The Morgan fingerprint density at radius 3 is 2.63 bits per heavy atom. The molecule has 0 aliphatic carbocycles. The van der Waals surface area contributed by atoms with Gasteiger partial charge >= 0.3 is 0 Å². The van der Waals surface area contributed by atoms with Crippen LogP contribution in [0.15, 0.2) is 67.4 Å². The standard InChI is InChI=1S/C26H28ClN5O3/c1-4-25(33)29-18-6-5-7-21(14-18)35-23-15-19(8-9-22(23)27)30-26-24(34-3)16-20(17-28-26)32-12-10-31(2)11-13-32/h4-9,14-17H,1,10-13H2,2-3H3,(H,28,30)(H,29,33). The Morgan fingerprint density at radius 1 is 1.09 bits per heavy atom. The molecule has 0 unspecified atom stereocenters. The zero-order chi connectivity index (χ0) is 24.8. The molecule has 1 saturated heterocycles. The summed E-state index contributed by atoms with van der Waals surface area (Å²) in [5.74, 6) is 1.92. The topological polar surface area (TPSA) is 79.0 Å². The highest BCUT2D eigenvalue weighted by atomic mass is 35.5. The second-order valence-corrected chi connectivity index (χ2v) is 8.54. The molecule has 0 radical (unpaired) electrons. The van der Waals surface area contributed by atoms with Crippen LogP contribution in [0.5, 0.6) is 17.2 Å². The predicted octanol–water partition coefficient (Wildman–Crippen LogP) is 5.16. The van der Waals surface area contributed by atoms with Crippen LogP contribution in [0.25, 0.3) is 0 Å². The molecule has 9 heteroatoms. The number of rotatable bonds is 8. The van der Waals surface area contributed by atoms with Gasteiger partial charge in [0.05, 0.1) is 24.0 Å². The number of pyridine rings is 1. The Balaban J connectivity index is 1.50. The zero-order valence-corrected chi connectivity index (χ0v) is 20.5. The van der Waals surface area contributed by atoms with E-state index in [0.29, 0.717) is 33.8 Å². The molecule has 1 aromatic heterocycles. The first kappa shape index (κ1) is 24.4. The summed E-state index contributed by atoms with van der Waals surface area (Å²) in [6.07, 6.45) is 3.06. The number of benzene rings is 2. The first-order valence-corrected chi connectivity index (χ1v) is 11.6. The highest BCUT2D eigenvalue weighted by molar-refractivity contribution is 6.32. The number of likely N-dealkylation sites (N-methyl/N-ethyl adjacent to an activating group) is 1. The molecule has 1 aliphatic heterocycles. The summed E-state index contributed by atoms with van der Waals surface area (Å²) in [6.45, 7) is 7.38. The average Bonchev–Trinajstić information content (AvgIpc) is 2.87. The minimum absolute atomic E-state index is 0.300. The maximum absolute atomic E-state index is 11.6. The molecule has 0 bridgehead atoms. The molecular weight excluding hydrogens is 466 g/mol. The van der Waals surface area contributed by atoms with Crippen molar-refractivity contribution in [2.45, 2.75) is 0 Å². The number of nitrogens with one attached hydrogen (secondary N) is 2. The van der Waals surface area contributed by atoms with Crippen molar-refractivity contribution in [3.05, 3.63) is 72.4 Å². The smallest absolute Gasteiger partial charge is 0.247 e. The van der Waals surface area contributed by atoms with Gasteiger partial charge in [0.1, 0.15) is 11.5 Å². The van der Waals surface area contributed by atoms with Crippen LogP contribution in [0.1, 0.15) is 0 Å². The molecule has 1 aliphatic rings. The summed E-state index contributed by atoms with van der Waals surface area (Å²) in [4.78, 5) is 20.8. The predicted molar refractivity (Wildman–Crippen MR) is 141 cm³/mol. The summed E-state index contributed by atoms with van der Waals surface area (Å²) in [5, 5.41) is 6.44. The van der Waals surface area contributed by atoms with Crippen LogP contribution in [-0.4, -0.2) is 56.1 Å². The van der Waals surface area contributed by atoms with Crippen molar-refractivity contribution in [3.8, 4) is 17.2 Å². The van der Waals surface area contributed by atoms with Crippen molar-refractivity contribution in [3.63, 3.8) is 0 Å². The number of hydrogen-bond donors (Lipinski definition) is 2. The third kappa shape index (κ3) is 6.23. The summed E-state index contributed by atoms with van der Waals surface area (Å²) < 4.78 is 11.6. The molecule has 4 rings (SSSR count). The second-order valence-electron chi connectivity index (χ2n) is 8.13. The van der Waals surface area contributed by atoms with Crippen LogP contribution in [0.3, 0.4) is 0 Å². The van der Waals surface area contributed by atoms with Crippen LogP contribution in [-0.2, 0) is 4.79 Å². The van der Waals surface area contributed by atoms with E-state index in [1.165, 1.54) is 6.08 Å². The number of anilines is 4. The number of amides is 1. The Bertz CT molecular complexity index is 1210. The van der Waals surface area contributed by atoms with Gasteiger partial charge in [-0.05, 0) is 37.4 Å². The molecule has 35 heavy (non-hydrogen) atoms. The molecular formula is C26H28ClN5O3. The van der Waals surface area contributed by atoms with Crippen molar-refractivity contribution in [1.82, 2.24) is 9.88 Å². The molecule has 0 atom stereocenters. The Kier molecular flexibility index (Phi) is 7.74. The van der Waals surface area contributed by atoms with Gasteiger partial charge in [-0.25, -0.2) is 4.98 Å². The zero-order valence-electron chi connectivity index (χ0n) is 19.8. The third-order valence-corrected chi connectivity index (χ3v) is 5.95. The first-order valence-electron chi connectivity index (χ1n) is 11.2. The van der Waals surface area contributed by atoms with Crippen LogP contribution in [0.2, 0.25) is 5.02 Å². The van der Waals surface area contributed by atoms with Gasteiger partial charge in [0.15, 0.2) is 11.6 Å². The maximum Gasteiger partial charge on any atom is 0.247 e. The number of nitrogens with zero attached hydrogens (tertiary/aromatic N) is 3. The molecule has 182 valence electrons. The van der Waals surface area contributed by atoms with Gasteiger partial charge in [0.2, 0.25) is 5.91 Å². The van der Waals surface area contributed by atoms with E-state index in [2.05, 4.69) is 39.0 Å². The number of hydrogen-bond acceptors (Lipinski definition) is 7. The van der Waals surface area contributed by atoms with Crippen LogP contribution in [0.4, 0.5) is 22.9 Å². The Hall–Kier alpha value is -3.75. The lowest BCUT2D eigenvalue weighted by atomic mass is 10.2. The Labute approximate surface area is 210 Å². The van der Waals surface area contributed by atoms with Crippen LogP contribution in [0, 0.1) is 0 Å². The third-order valence-electron chi connectivity index (χ3n) is 5.64. The van der Waals surface area contributed by atoms with Gasteiger partial charge < -0.3 is 29.9 Å². The molecule has 1 amide bonds. The second kappa shape index (κ2) is 11.1. The molecule has 0 saturated carbocycles. The number of halogens is 1. The van der Waals surface area contributed by atoms with Crippen molar-refractivity contribution in [1.29, 1.82) is 0 Å². The minimum atomic E-state index is -0.300. The van der Waals surface area contributed by atoms with Crippen molar-refractivity contribution in [2.75, 3.05) is 55.9 Å². The number of aromatic nitrogens is 1. The van der Waals surface area contributed by atoms with Gasteiger partial charge in [-0.3, -0.25) is 4.79 Å². The van der Waals surface area contributed by atoms with E-state index >= 15 is 0 Å². The van der Waals surface area contributed by atoms with Gasteiger partial charge in [-0.15, -0.1) is 0 Å². The van der Waals surface area contributed by atoms with Gasteiger partial charge in [0.25, 0.3) is 0 Å². The van der Waals surface area contributed by atoms with E-state index < -0.39 is 0 Å². The lowest BCUT2D eigenvalue weighted by Crippen LogP contribution is -2.44. The fourth-order valence-electron chi connectivity index (χ4n) is 3.67. The summed E-state index contributed by atoms with van der Waals surface area (Å²) in [5.41, 5.74) is 2.36. The fourth-order valence-corrected chi connectivity index (χ4v) is 3.83. The number of methoxy groups -OCH3 is 1. The number of carbonyl (C=O) groups excluding carboxylic acids is 1. The molecule has 3 aromatic rings. The summed E-state index contributed by atoms with van der Waals surface area (Å²) in [7, 11) is 3.76. The normalized spacial score (nSPS) is 13.7. The fraction of sp³-hybridized carbons (Fsp3) is 0.231. The molecule has 0 spiro atoms. The van der Waals surface area contributed by atoms with Crippen molar-refractivity contribution in [2.24, 2.45) is 0 Å². The van der Waals surface area contributed by atoms with Crippen LogP contribution < -0.4 is 25.0 Å². The molecule has 8 nitrogen and oxygen atoms in total. The van der Waals surface area contributed by atoms with Crippen molar-refractivity contribution < 1.29 is 14.3 Å². The van der Waals surface area contributed by atoms with E-state index in [4.69, 9.17) is 21.1 Å². The van der Waals surface area contributed by atoms with Crippen LogP contribution >= 0.6 is 11.6 Å². The highest BCUT2D eigenvalue weighted by Crippen LogP contribution is 2.35. The number of carbonyl (C=O) groups is 1. The summed E-state index contributed by atoms with van der Waals surface area (Å²) in [6, 6.07) is 14.4. The monoisotopic (exact) mass is 493 g/mol. The largest absolute Gasteiger partial charge is 0.493 e. The first-order chi connectivity index (χ1) is 16.9. The van der Waals surface area contributed by atoms with E-state index in [0.717, 1.165) is 37.6 Å². The quantitative estimate of drug-likeness (QED) is 0.420. The number of piperazine rings is 1. The van der Waals surface area contributed by atoms with Gasteiger partial charge in [-0.1, -0.05) is 24.2 Å². The lowest BCUT2D eigenvalue weighted by Gasteiger charge is -2.34. The highest BCUT2D eigenvalue weighted by Gasteiger charge is 2.17. The van der Waals surface area contributed by atoms with Gasteiger partial charge in [-0.2, -0.15) is 0 Å². The molecule has 2 heterocycles.